The predicted octanol–water partition coefficient (Wildman–Crippen LogP) is 2.03. The zero-order valence-corrected chi connectivity index (χ0v) is 15.3. The smallest absolute Gasteiger partial charge is 0.317 e. The summed E-state index contributed by atoms with van der Waals surface area (Å²) in [7, 11) is 1.69. The van der Waals surface area contributed by atoms with Crippen molar-refractivity contribution in [1.29, 1.82) is 0 Å². The number of aryl methyl sites for hydroxylation is 1. The highest BCUT2D eigenvalue weighted by atomic mass is 16.2. The average Bonchev–Trinajstić information content (AvgIpc) is 3.07. The number of para-hydroxylation sites is 1. The summed E-state index contributed by atoms with van der Waals surface area (Å²) in [6.45, 7) is 3.76. The molecule has 3 amide bonds. The van der Waals surface area contributed by atoms with Crippen LogP contribution in [0.2, 0.25) is 0 Å². The van der Waals surface area contributed by atoms with E-state index in [0.29, 0.717) is 26.1 Å². The first-order chi connectivity index (χ1) is 12.6. The second kappa shape index (κ2) is 8.03. The second-order valence-corrected chi connectivity index (χ2v) is 6.49. The molecule has 1 saturated heterocycles. The lowest BCUT2D eigenvalue weighted by atomic mass is 10.0. The fourth-order valence-corrected chi connectivity index (χ4v) is 3.27. The highest BCUT2D eigenvalue weighted by Gasteiger charge is 2.34. The van der Waals surface area contributed by atoms with Crippen LogP contribution < -0.4 is 10.2 Å². The molecular weight excluding hydrogens is 330 g/mol. The minimum atomic E-state index is -0.432. The molecule has 1 unspecified atom stereocenters. The van der Waals surface area contributed by atoms with Crippen molar-refractivity contribution in [2.24, 2.45) is 0 Å². The zero-order valence-electron chi connectivity index (χ0n) is 15.3. The lowest BCUT2D eigenvalue weighted by molar-refractivity contribution is -0.123. The van der Waals surface area contributed by atoms with E-state index in [4.69, 9.17) is 0 Å². The van der Waals surface area contributed by atoms with Gasteiger partial charge >= 0.3 is 6.03 Å². The number of carbonyl (C=O) groups excluding carboxylic acids is 2. The van der Waals surface area contributed by atoms with Crippen molar-refractivity contribution in [3.63, 3.8) is 0 Å². The molecule has 0 spiro atoms. The first kappa shape index (κ1) is 18.0. The summed E-state index contributed by atoms with van der Waals surface area (Å²) in [6, 6.07) is 8.95. The van der Waals surface area contributed by atoms with Crippen LogP contribution in [0.5, 0.6) is 0 Å². The van der Waals surface area contributed by atoms with Crippen molar-refractivity contribution in [2.45, 2.75) is 32.4 Å². The molecule has 1 fully saturated rings. The van der Waals surface area contributed by atoms with Gasteiger partial charge in [-0.2, -0.15) is 0 Å². The van der Waals surface area contributed by atoms with Crippen molar-refractivity contribution >= 4 is 17.6 Å². The van der Waals surface area contributed by atoms with Crippen LogP contribution in [0, 0.1) is 6.92 Å². The Kier molecular flexibility index (Phi) is 5.55. The Morgan fingerprint density at radius 2 is 2.12 bits per heavy atom. The SMILES string of the molecule is Cc1nccn1CCNC(=O)N(C)C1CCCN(c2ccccc2)C1=O. The van der Waals surface area contributed by atoms with Crippen LogP contribution in [0.3, 0.4) is 0 Å². The molecule has 1 aromatic carbocycles. The van der Waals surface area contributed by atoms with Gasteiger partial charge in [0.2, 0.25) is 5.91 Å². The van der Waals surface area contributed by atoms with Crippen molar-refractivity contribution in [1.82, 2.24) is 19.8 Å². The summed E-state index contributed by atoms with van der Waals surface area (Å²) >= 11 is 0. The molecule has 0 saturated carbocycles. The van der Waals surface area contributed by atoms with Crippen LogP contribution in [-0.2, 0) is 11.3 Å². The van der Waals surface area contributed by atoms with Crippen molar-refractivity contribution in [3.05, 3.63) is 48.5 Å². The average molecular weight is 355 g/mol. The highest BCUT2D eigenvalue weighted by molar-refractivity contribution is 5.99. The Hall–Kier alpha value is -2.83. The van der Waals surface area contributed by atoms with Crippen LogP contribution >= 0.6 is 0 Å². The van der Waals surface area contributed by atoms with Gasteiger partial charge in [0.1, 0.15) is 11.9 Å². The molecule has 7 heteroatoms. The third-order valence-electron chi connectivity index (χ3n) is 4.82. The quantitative estimate of drug-likeness (QED) is 0.892. The molecule has 0 bridgehead atoms. The van der Waals surface area contributed by atoms with E-state index >= 15 is 0 Å². The first-order valence-electron chi connectivity index (χ1n) is 8.93. The number of imidazole rings is 1. The van der Waals surface area contributed by atoms with Crippen LogP contribution in [0.1, 0.15) is 18.7 Å². The van der Waals surface area contributed by atoms with Gasteiger partial charge in [-0.25, -0.2) is 9.78 Å². The molecule has 138 valence electrons. The van der Waals surface area contributed by atoms with Gasteiger partial charge in [-0.15, -0.1) is 0 Å². The Bertz CT molecular complexity index is 758. The molecule has 0 radical (unpaired) electrons. The number of hydrogen-bond donors (Lipinski definition) is 1. The number of anilines is 1. The van der Waals surface area contributed by atoms with Crippen molar-refractivity contribution < 1.29 is 9.59 Å². The molecule has 1 aliphatic rings. The Morgan fingerprint density at radius 1 is 1.35 bits per heavy atom. The molecule has 3 rings (SSSR count). The summed E-state index contributed by atoms with van der Waals surface area (Å²) in [5.41, 5.74) is 0.881. The molecule has 0 aliphatic carbocycles. The molecule has 1 atom stereocenters. The van der Waals surface area contributed by atoms with Gasteiger partial charge in [0.05, 0.1) is 0 Å². The number of likely N-dealkylation sites (N-methyl/N-ethyl adjacent to an activating group) is 1. The second-order valence-electron chi connectivity index (χ2n) is 6.49. The minimum Gasteiger partial charge on any atom is -0.336 e. The molecule has 7 nitrogen and oxygen atoms in total. The Balaban J connectivity index is 1.57. The normalized spacial score (nSPS) is 17.2. The number of nitrogens with zero attached hydrogens (tertiary/aromatic N) is 4. The molecular formula is C19H25N5O2. The highest BCUT2D eigenvalue weighted by Crippen LogP contribution is 2.23. The third kappa shape index (κ3) is 3.87. The number of amides is 3. The van der Waals surface area contributed by atoms with Gasteiger partial charge in [-0.3, -0.25) is 4.79 Å². The standard InChI is InChI=1S/C19H25N5O2/c1-15-20-10-13-23(15)14-11-21-19(26)22(2)17-9-6-12-24(18(17)25)16-7-4-3-5-8-16/h3-5,7-8,10,13,17H,6,9,11-12,14H2,1-2H3,(H,21,26). The van der Waals surface area contributed by atoms with Gasteiger partial charge in [0, 0.05) is 44.8 Å². The molecule has 2 aromatic rings. The van der Waals surface area contributed by atoms with E-state index in [1.807, 2.05) is 48.0 Å². The summed E-state index contributed by atoms with van der Waals surface area (Å²) in [6.07, 6.45) is 5.18. The van der Waals surface area contributed by atoms with E-state index in [2.05, 4.69) is 10.3 Å². The molecule has 1 N–H and O–H groups in total. The summed E-state index contributed by atoms with van der Waals surface area (Å²) in [4.78, 5) is 32.8. The number of carbonyl (C=O) groups is 2. The van der Waals surface area contributed by atoms with Crippen molar-refractivity contribution in [2.75, 3.05) is 25.0 Å². The maximum Gasteiger partial charge on any atom is 0.317 e. The van der Waals surface area contributed by atoms with E-state index in [9.17, 15) is 9.59 Å². The summed E-state index contributed by atoms with van der Waals surface area (Å²) in [5, 5.41) is 2.89. The first-order valence-corrected chi connectivity index (χ1v) is 8.93. The summed E-state index contributed by atoms with van der Waals surface area (Å²) in [5.74, 6) is 0.888. The lowest BCUT2D eigenvalue weighted by Gasteiger charge is -2.36. The number of hydrogen-bond acceptors (Lipinski definition) is 3. The van der Waals surface area contributed by atoms with Gasteiger partial charge in [-0.1, -0.05) is 18.2 Å². The number of urea groups is 1. The molecule has 26 heavy (non-hydrogen) atoms. The fraction of sp³-hybridized carbons (Fsp3) is 0.421. The third-order valence-corrected chi connectivity index (χ3v) is 4.82. The zero-order chi connectivity index (χ0) is 18.5. The topological polar surface area (TPSA) is 70.5 Å². The van der Waals surface area contributed by atoms with Crippen LogP contribution in [0.25, 0.3) is 0 Å². The van der Waals surface area contributed by atoms with E-state index < -0.39 is 6.04 Å². The largest absolute Gasteiger partial charge is 0.336 e. The number of benzene rings is 1. The van der Waals surface area contributed by atoms with Crippen LogP contribution in [0.15, 0.2) is 42.7 Å². The molecule has 1 aromatic heterocycles. The number of aromatic nitrogens is 2. The van der Waals surface area contributed by atoms with Crippen LogP contribution in [-0.4, -0.2) is 52.6 Å². The Labute approximate surface area is 153 Å². The minimum absolute atomic E-state index is 0.0226. The van der Waals surface area contributed by atoms with Crippen molar-refractivity contribution in [3.8, 4) is 0 Å². The van der Waals surface area contributed by atoms with Gasteiger partial charge < -0.3 is 19.7 Å². The maximum atomic E-state index is 12.9. The molecule has 1 aliphatic heterocycles. The number of nitrogens with one attached hydrogen (secondary N) is 1. The van der Waals surface area contributed by atoms with Gasteiger partial charge in [-0.05, 0) is 31.9 Å². The summed E-state index contributed by atoms with van der Waals surface area (Å²) < 4.78 is 1.98. The predicted molar refractivity (Wildman–Crippen MR) is 99.9 cm³/mol. The van der Waals surface area contributed by atoms with Gasteiger partial charge in [0.25, 0.3) is 0 Å². The van der Waals surface area contributed by atoms with Crippen LogP contribution in [0.4, 0.5) is 10.5 Å². The van der Waals surface area contributed by atoms with E-state index in [1.165, 1.54) is 4.90 Å². The van der Waals surface area contributed by atoms with E-state index in [-0.39, 0.29) is 11.9 Å². The molecule has 2 heterocycles. The lowest BCUT2D eigenvalue weighted by Crippen LogP contribution is -2.55. The number of rotatable bonds is 5. The monoisotopic (exact) mass is 355 g/mol. The Morgan fingerprint density at radius 3 is 2.81 bits per heavy atom. The fourth-order valence-electron chi connectivity index (χ4n) is 3.27. The number of piperidine rings is 1. The van der Waals surface area contributed by atoms with Gasteiger partial charge in [0.15, 0.2) is 0 Å². The maximum absolute atomic E-state index is 12.9. The van der Waals surface area contributed by atoms with E-state index in [1.54, 1.807) is 18.1 Å². The van der Waals surface area contributed by atoms with E-state index in [0.717, 1.165) is 17.9 Å².